The van der Waals surface area contributed by atoms with Crippen molar-refractivity contribution in [3.63, 3.8) is 0 Å². The van der Waals surface area contributed by atoms with E-state index in [1.807, 2.05) is 18.2 Å². The van der Waals surface area contributed by atoms with E-state index in [1.165, 1.54) is 12.0 Å². The average Bonchev–Trinajstić information content (AvgIpc) is 2.39. The Balaban J connectivity index is 2.03. The first kappa shape index (κ1) is 12.6. The highest BCUT2D eigenvalue weighted by molar-refractivity contribution is 5.21. The van der Waals surface area contributed by atoms with Crippen molar-refractivity contribution >= 4 is 0 Å². The van der Waals surface area contributed by atoms with Gasteiger partial charge in [-0.3, -0.25) is 0 Å². The lowest BCUT2D eigenvalue weighted by Gasteiger charge is -2.35. The van der Waals surface area contributed by atoms with Gasteiger partial charge in [0.25, 0.3) is 0 Å². The molecule has 1 aliphatic carbocycles. The van der Waals surface area contributed by atoms with Crippen molar-refractivity contribution in [2.45, 2.75) is 44.1 Å². The lowest BCUT2D eigenvalue weighted by Crippen LogP contribution is -2.32. The molecule has 0 saturated heterocycles. The Morgan fingerprint density at radius 3 is 2.59 bits per heavy atom. The third-order valence-electron chi connectivity index (χ3n) is 3.95. The van der Waals surface area contributed by atoms with Gasteiger partial charge in [0.1, 0.15) is 0 Å². The summed E-state index contributed by atoms with van der Waals surface area (Å²) in [6.07, 6.45) is 4.89. The first-order chi connectivity index (χ1) is 8.33. The lowest BCUT2D eigenvalue weighted by atomic mass is 9.74. The Morgan fingerprint density at radius 1 is 1.12 bits per heavy atom. The predicted octanol–water partition coefficient (Wildman–Crippen LogP) is 2.70. The molecular formula is C15H22O2. The Kier molecular flexibility index (Phi) is 4.57. The van der Waals surface area contributed by atoms with Crippen LogP contribution in [-0.4, -0.2) is 22.9 Å². The van der Waals surface area contributed by atoms with Crippen LogP contribution >= 0.6 is 0 Å². The second kappa shape index (κ2) is 6.18. The molecule has 0 aromatic heterocycles. The van der Waals surface area contributed by atoms with Crippen LogP contribution in [0.1, 0.15) is 43.6 Å². The van der Waals surface area contributed by atoms with E-state index in [2.05, 4.69) is 12.1 Å². The van der Waals surface area contributed by atoms with Crippen LogP contribution in [0.25, 0.3) is 0 Å². The fraction of sp³-hybridized carbons (Fsp3) is 0.600. The topological polar surface area (TPSA) is 40.5 Å². The quantitative estimate of drug-likeness (QED) is 0.841. The van der Waals surface area contributed by atoms with E-state index >= 15 is 0 Å². The van der Waals surface area contributed by atoms with Gasteiger partial charge in [-0.2, -0.15) is 0 Å². The summed E-state index contributed by atoms with van der Waals surface area (Å²) in [5.74, 6) is 0.648. The average molecular weight is 234 g/mol. The Morgan fingerprint density at radius 2 is 1.88 bits per heavy atom. The highest BCUT2D eigenvalue weighted by Crippen LogP contribution is 2.38. The maximum Gasteiger partial charge on any atom is 0.0636 e. The van der Waals surface area contributed by atoms with Gasteiger partial charge in [-0.15, -0.1) is 0 Å². The molecule has 0 bridgehead atoms. The van der Waals surface area contributed by atoms with Crippen molar-refractivity contribution in [3.8, 4) is 0 Å². The zero-order chi connectivity index (χ0) is 12.1. The fourth-order valence-corrected chi connectivity index (χ4v) is 3.00. The molecule has 1 saturated carbocycles. The highest BCUT2D eigenvalue weighted by atomic mass is 16.3. The molecule has 1 aromatic carbocycles. The van der Waals surface area contributed by atoms with E-state index < -0.39 is 0 Å². The van der Waals surface area contributed by atoms with Gasteiger partial charge in [-0.1, -0.05) is 36.8 Å². The lowest BCUT2D eigenvalue weighted by molar-refractivity contribution is 0.0415. The SMILES string of the molecule is OCCCC1CCCC(c2ccccc2)C1O. The molecule has 1 aliphatic rings. The monoisotopic (exact) mass is 234 g/mol. The second-order valence-corrected chi connectivity index (χ2v) is 5.06. The van der Waals surface area contributed by atoms with Crippen LogP contribution in [0, 0.1) is 5.92 Å². The van der Waals surface area contributed by atoms with Crippen molar-refractivity contribution < 1.29 is 10.2 Å². The molecule has 0 aliphatic heterocycles. The van der Waals surface area contributed by atoms with E-state index in [0.717, 1.165) is 25.7 Å². The zero-order valence-electron chi connectivity index (χ0n) is 10.3. The highest BCUT2D eigenvalue weighted by Gasteiger charge is 2.31. The second-order valence-electron chi connectivity index (χ2n) is 5.06. The van der Waals surface area contributed by atoms with Crippen molar-refractivity contribution in [1.29, 1.82) is 0 Å². The number of rotatable bonds is 4. The molecule has 0 radical (unpaired) electrons. The maximum absolute atomic E-state index is 10.4. The van der Waals surface area contributed by atoms with E-state index in [9.17, 15) is 5.11 Å². The molecule has 2 N–H and O–H groups in total. The molecule has 0 amide bonds. The van der Waals surface area contributed by atoms with Gasteiger partial charge < -0.3 is 10.2 Å². The summed E-state index contributed by atoms with van der Waals surface area (Å²) in [5.41, 5.74) is 1.26. The van der Waals surface area contributed by atoms with Gasteiger partial charge >= 0.3 is 0 Å². The molecule has 2 heteroatoms. The van der Waals surface area contributed by atoms with Crippen molar-refractivity contribution in [1.82, 2.24) is 0 Å². The molecule has 17 heavy (non-hydrogen) atoms. The molecule has 0 spiro atoms. The molecule has 0 heterocycles. The van der Waals surface area contributed by atoms with Gasteiger partial charge in [0.05, 0.1) is 6.10 Å². The molecule has 1 fully saturated rings. The molecule has 2 nitrogen and oxygen atoms in total. The third-order valence-corrected chi connectivity index (χ3v) is 3.95. The molecule has 2 rings (SSSR count). The third kappa shape index (κ3) is 3.08. The number of benzene rings is 1. The first-order valence-electron chi connectivity index (χ1n) is 6.67. The number of aliphatic hydroxyl groups excluding tert-OH is 2. The van der Waals surface area contributed by atoms with Gasteiger partial charge in [-0.25, -0.2) is 0 Å². The summed E-state index contributed by atoms with van der Waals surface area (Å²) >= 11 is 0. The zero-order valence-corrected chi connectivity index (χ0v) is 10.3. The van der Waals surface area contributed by atoms with Gasteiger partial charge in [0.2, 0.25) is 0 Å². The number of hydrogen-bond donors (Lipinski definition) is 2. The fourth-order valence-electron chi connectivity index (χ4n) is 3.00. The summed E-state index contributed by atoms with van der Waals surface area (Å²) in [7, 11) is 0. The minimum Gasteiger partial charge on any atom is -0.396 e. The summed E-state index contributed by atoms with van der Waals surface area (Å²) < 4.78 is 0. The summed E-state index contributed by atoms with van der Waals surface area (Å²) in [6, 6.07) is 10.3. The standard InChI is InChI=1S/C15H22O2/c16-11-5-9-13-8-4-10-14(15(13)17)12-6-2-1-3-7-12/h1-3,6-7,13-17H,4-5,8-11H2. The Hall–Kier alpha value is -0.860. The first-order valence-corrected chi connectivity index (χ1v) is 6.67. The summed E-state index contributed by atoms with van der Waals surface area (Å²) in [6.45, 7) is 0.235. The van der Waals surface area contributed by atoms with E-state index in [0.29, 0.717) is 5.92 Å². The minimum atomic E-state index is -0.238. The number of aliphatic hydroxyl groups is 2. The molecule has 3 unspecified atom stereocenters. The Labute approximate surface area is 103 Å². The molecule has 94 valence electrons. The molecule has 3 atom stereocenters. The Bertz CT molecular complexity index is 323. The molecule has 1 aromatic rings. The van der Waals surface area contributed by atoms with Crippen molar-refractivity contribution in [2.24, 2.45) is 5.92 Å². The van der Waals surface area contributed by atoms with E-state index in [-0.39, 0.29) is 18.6 Å². The van der Waals surface area contributed by atoms with E-state index in [1.54, 1.807) is 0 Å². The number of hydrogen-bond acceptors (Lipinski definition) is 2. The van der Waals surface area contributed by atoms with Crippen molar-refractivity contribution in [3.05, 3.63) is 35.9 Å². The van der Waals surface area contributed by atoms with Crippen molar-refractivity contribution in [2.75, 3.05) is 6.61 Å². The summed E-state index contributed by atoms with van der Waals surface area (Å²) in [5, 5.41) is 19.3. The van der Waals surface area contributed by atoms with Gasteiger partial charge in [0, 0.05) is 12.5 Å². The smallest absolute Gasteiger partial charge is 0.0636 e. The predicted molar refractivity (Wildman–Crippen MR) is 68.9 cm³/mol. The maximum atomic E-state index is 10.4. The molecular weight excluding hydrogens is 212 g/mol. The minimum absolute atomic E-state index is 0.235. The van der Waals surface area contributed by atoms with Crippen LogP contribution in [0.15, 0.2) is 30.3 Å². The van der Waals surface area contributed by atoms with Crippen LogP contribution in [0.3, 0.4) is 0 Å². The van der Waals surface area contributed by atoms with Crippen LogP contribution in [0.5, 0.6) is 0 Å². The van der Waals surface area contributed by atoms with Crippen LogP contribution < -0.4 is 0 Å². The van der Waals surface area contributed by atoms with E-state index in [4.69, 9.17) is 5.11 Å². The largest absolute Gasteiger partial charge is 0.396 e. The van der Waals surface area contributed by atoms with Crippen LogP contribution in [0.2, 0.25) is 0 Å². The summed E-state index contributed by atoms with van der Waals surface area (Å²) in [4.78, 5) is 0. The van der Waals surface area contributed by atoms with Crippen LogP contribution in [-0.2, 0) is 0 Å². The van der Waals surface area contributed by atoms with Gasteiger partial charge in [0.15, 0.2) is 0 Å². The van der Waals surface area contributed by atoms with Crippen LogP contribution in [0.4, 0.5) is 0 Å². The normalized spacial score (nSPS) is 29.2. The van der Waals surface area contributed by atoms with Gasteiger partial charge in [-0.05, 0) is 37.2 Å².